The fourth-order valence-corrected chi connectivity index (χ4v) is 3.18. The highest BCUT2D eigenvalue weighted by Gasteiger charge is 2.24. The van der Waals surface area contributed by atoms with Crippen molar-refractivity contribution in [2.24, 2.45) is 7.05 Å². The van der Waals surface area contributed by atoms with Crippen LogP contribution in [0.3, 0.4) is 0 Å². The van der Waals surface area contributed by atoms with Crippen molar-refractivity contribution in [3.05, 3.63) is 63.5 Å². The second-order valence-corrected chi connectivity index (χ2v) is 6.76. The van der Waals surface area contributed by atoms with Crippen molar-refractivity contribution in [2.75, 3.05) is 13.1 Å². The molecule has 0 spiro atoms. The first-order valence-electron chi connectivity index (χ1n) is 8.37. The lowest BCUT2D eigenvalue weighted by atomic mass is 10.1. The van der Waals surface area contributed by atoms with E-state index in [2.05, 4.69) is 0 Å². The summed E-state index contributed by atoms with van der Waals surface area (Å²) >= 11 is 5.97. The van der Waals surface area contributed by atoms with Gasteiger partial charge < -0.3 is 14.2 Å². The second kappa shape index (κ2) is 7.74. The number of halogens is 1. The van der Waals surface area contributed by atoms with Gasteiger partial charge in [-0.3, -0.25) is 9.59 Å². The van der Waals surface area contributed by atoms with Crippen LogP contribution in [0, 0.1) is 0 Å². The SMILES string of the molecule is Cn1cc(CC(=O)N2CCC(Oc3cccc(Cl)c3)CC2)ccc1=O. The molecule has 0 N–H and O–H groups in total. The molecule has 2 heterocycles. The quantitative estimate of drug-likeness (QED) is 0.842. The molecule has 0 aliphatic carbocycles. The topological polar surface area (TPSA) is 51.5 Å². The van der Waals surface area contributed by atoms with Gasteiger partial charge in [-0.15, -0.1) is 0 Å². The third kappa shape index (κ3) is 4.63. The molecule has 3 rings (SSSR count). The Morgan fingerprint density at radius 2 is 2.00 bits per heavy atom. The summed E-state index contributed by atoms with van der Waals surface area (Å²) in [5.74, 6) is 0.849. The third-order valence-electron chi connectivity index (χ3n) is 4.40. The normalized spacial score (nSPS) is 15.2. The van der Waals surface area contributed by atoms with Crippen LogP contribution in [0.2, 0.25) is 5.02 Å². The molecule has 0 saturated carbocycles. The van der Waals surface area contributed by atoms with Gasteiger partial charge in [-0.05, 0) is 23.8 Å². The highest BCUT2D eigenvalue weighted by atomic mass is 35.5. The molecule has 0 radical (unpaired) electrons. The Morgan fingerprint density at radius 1 is 1.24 bits per heavy atom. The Kier molecular flexibility index (Phi) is 5.43. The first-order chi connectivity index (χ1) is 12.0. The number of hydrogen-bond donors (Lipinski definition) is 0. The maximum atomic E-state index is 12.5. The molecule has 1 aliphatic heterocycles. The van der Waals surface area contributed by atoms with Crippen molar-refractivity contribution in [2.45, 2.75) is 25.4 Å². The number of rotatable bonds is 4. The average Bonchev–Trinajstić information content (AvgIpc) is 2.59. The molecule has 0 bridgehead atoms. The summed E-state index contributed by atoms with van der Waals surface area (Å²) in [6.45, 7) is 1.35. The molecular weight excluding hydrogens is 340 g/mol. The standard InChI is InChI=1S/C19H21ClN2O3/c1-21-13-14(5-6-18(21)23)11-19(24)22-9-7-16(8-10-22)25-17-4-2-3-15(20)12-17/h2-6,12-13,16H,7-11H2,1H3. The van der Waals surface area contributed by atoms with Gasteiger partial charge in [-0.25, -0.2) is 0 Å². The van der Waals surface area contributed by atoms with Crippen LogP contribution in [0.15, 0.2) is 47.4 Å². The second-order valence-electron chi connectivity index (χ2n) is 6.32. The van der Waals surface area contributed by atoms with Gasteiger partial charge >= 0.3 is 0 Å². The van der Waals surface area contributed by atoms with Gasteiger partial charge in [0.25, 0.3) is 0 Å². The van der Waals surface area contributed by atoms with Crippen molar-refractivity contribution in [3.8, 4) is 5.75 Å². The van der Waals surface area contributed by atoms with Crippen molar-refractivity contribution in [3.63, 3.8) is 0 Å². The third-order valence-corrected chi connectivity index (χ3v) is 4.63. The molecule has 25 heavy (non-hydrogen) atoms. The lowest BCUT2D eigenvalue weighted by Crippen LogP contribution is -2.42. The number of amides is 1. The van der Waals surface area contributed by atoms with E-state index in [0.29, 0.717) is 24.5 Å². The van der Waals surface area contributed by atoms with Crippen LogP contribution in [-0.2, 0) is 18.3 Å². The van der Waals surface area contributed by atoms with Crippen LogP contribution in [0.25, 0.3) is 0 Å². The Hall–Kier alpha value is -2.27. The van der Waals surface area contributed by atoms with E-state index in [1.165, 1.54) is 10.6 Å². The molecule has 2 aromatic rings. The average molecular weight is 361 g/mol. The highest BCUT2D eigenvalue weighted by Crippen LogP contribution is 2.22. The first-order valence-corrected chi connectivity index (χ1v) is 8.74. The molecule has 0 atom stereocenters. The van der Waals surface area contributed by atoms with Gasteiger partial charge in [0, 0.05) is 50.3 Å². The Balaban J connectivity index is 1.52. The summed E-state index contributed by atoms with van der Waals surface area (Å²) in [6.07, 6.45) is 3.72. The number of aryl methyl sites for hydroxylation is 1. The highest BCUT2D eigenvalue weighted by molar-refractivity contribution is 6.30. The molecule has 1 aliphatic rings. The van der Waals surface area contributed by atoms with E-state index in [1.54, 1.807) is 25.4 Å². The van der Waals surface area contributed by atoms with Gasteiger partial charge in [0.05, 0.1) is 6.42 Å². The van der Waals surface area contributed by atoms with Crippen molar-refractivity contribution >= 4 is 17.5 Å². The number of benzene rings is 1. The fourth-order valence-electron chi connectivity index (χ4n) is 3.00. The molecule has 5 nitrogen and oxygen atoms in total. The van der Waals surface area contributed by atoms with Crippen LogP contribution in [0.4, 0.5) is 0 Å². The van der Waals surface area contributed by atoms with E-state index in [9.17, 15) is 9.59 Å². The Morgan fingerprint density at radius 3 is 2.68 bits per heavy atom. The summed E-state index contributed by atoms with van der Waals surface area (Å²) in [6, 6.07) is 10.6. The maximum Gasteiger partial charge on any atom is 0.250 e. The number of likely N-dealkylation sites (tertiary alicyclic amines) is 1. The largest absolute Gasteiger partial charge is 0.490 e. The molecule has 1 aromatic heterocycles. The molecule has 1 aromatic carbocycles. The smallest absolute Gasteiger partial charge is 0.250 e. The van der Waals surface area contributed by atoms with Crippen LogP contribution in [0.5, 0.6) is 5.75 Å². The van der Waals surface area contributed by atoms with E-state index in [-0.39, 0.29) is 17.6 Å². The van der Waals surface area contributed by atoms with E-state index in [4.69, 9.17) is 16.3 Å². The Bertz CT molecular complexity index is 810. The number of hydrogen-bond acceptors (Lipinski definition) is 3. The minimum atomic E-state index is -0.0739. The summed E-state index contributed by atoms with van der Waals surface area (Å²) < 4.78 is 7.44. The molecule has 1 amide bonds. The summed E-state index contributed by atoms with van der Waals surface area (Å²) in [5, 5.41) is 0.655. The number of carbonyl (C=O) groups is 1. The fraction of sp³-hybridized carbons (Fsp3) is 0.368. The van der Waals surface area contributed by atoms with E-state index >= 15 is 0 Å². The number of pyridine rings is 1. The van der Waals surface area contributed by atoms with E-state index in [1.807, 2.05) is 23.1 Å². The number of aromatic nitrogens is 1. The van der Waals surface area contributed by atoms with Crippen LogP contribution >= 0.6 is 11.6 Å². The molecule has 0 unspecified atom stereocenters. The minimum absolute atomic E-state index is 0.0739. The van der Waals surface area contributed by atoms with Crippen molar-refractivity contribution < 1.29 is 9.53 Å². The van der Waals surface area contributed by atoms with E-state index < -0.39 is 0 Å². The van der Waals surface area contributed by atoms with Gasteiger partial charge in [0.1, 0.15) is 11.9 Å². The zero-order chi connectivity index (χ0) is 17.8. The first kappa shape index (κ1) is 17.5. The van der Waals surface area contributed by atoms with Crippen LogP contribution in [0.1, 0.15) is 18.4 Å². The van der Waals surface area contributed by atoms with Gasteiger partial charge in [0.15, 0.2) is 0 Å². The van der Waals surface area contributed by atoms with Crippen LogP contribution < -0.4 is 10.3 Å². The Labute approximate surface area is 151 Å². The molecule has 132 valence electrons. The predicted molar refractivity (Wildman–Crippen MR) is 97.1 cm³/mol. The van der Waals surface area contributed by atoms with E-state index in [0.717, 1.165) is 24.2 Å². The zero-order valence-electron chi connectivity index (χ0n) is 14.2. The van der Waals surface area contributed by atoms with Gasteiger partial charge in [0.2, 0.25) is 11.5 Å². The predicted octanol–water partition coefficient (Wildman–Crippen LogP) is 2.65. The van der Waals surface area contributed by atoms with Gasteiger partial charge in [-0.1, -0.05) is 23.7 Å². The summed E-state index contributed by atoms with van der Waals surface area (Å²) in [5.41, 5.74) is 0.777. The number of nitrogens with zero attached hydrogens (tertiary/aromatic N) is 2. The molecular formula is C19H21ClN2O3. The monoisotopic (exact) mass is 360 g/mol. The summed E-state index contributed by atoms with van der Waals surface area (Å²) in [4.78, 5) is 25.7. The zero-order valence-corrected chi connectivity index (χ0v) is 14.9. The minimum Gasteiger partial charge on any atom is -0.490 e. The molecule has 6 heteroatoms. The van der Waals surface area contributed by atoms with Crippen molar-refractivity contribution in [1.82, 2.24) is 9.47 Å². The molecule has 1 fully saturated rings. The summed E-state index contributed by atoms with van der Waals surface area (Å²) in [7, 11) is 1.69. The van der Waals surface area contributed by atoms with Gasteiger partial charge in [-0.2, -0.15) is 0 Å². The lowest BCUT2D eigenvalue weighted by Gasteiger charge is -2.32. The van der Waals surface area contributed by atoms with Crippen LogP contribution in [-0.4, -0.2) is 34.6 Å². The number of ether oxygens (including phenoxy) is 1. The number of carbonyl (C=O) groups excluding carboxylic acids is 1. The molecule has 1 saturated heterocycles. The maximum absolute atomic E-state index is 12.5. The number of piperidine rings is 1. The lowest BCUT2D eigenvalue weighted by molar-refractivity contribution is -0.132. The van der Waals surface area contributed by atoms with Crippen molar-refractivity contribution in [1.29, 1.82) is 0 Å².